The molecule has 0 radical (unpaired) electrons. The normalized spacial score (nSPS) is 15.4. The number of fused-ring (bicyclic) bond motifs is 1. The number of hydrogen-bond acceptors (Lipinski definition) is 6. The van der Waals surface area contributed by atoms with Crippen molar-refractivity contribution in [2.45, 2.75) is 32.7 Å². The van der Waals surface area contributed by atoms with Gasteiger partial charge in [0.05, 0.1) is 5.52 Å². The van der Waals surface area contributed by atoms with Crippen LogP contribution in [0.5, 0.6) is 0 Å². The highest BCUT2D eigenvalue weighted by molar-refractivity contribution is 7.15. The van der Waals surface area contributed by atoms with Gasteiger partial charge in [0.1, 0.15) is 5.01 Å². The second kappa shape index (κ2) is 7.51. The monoisotopic (exact) mass is 371 g/mol. The third-order valence-electron chi connectivity index (χ3n) is 4.63. The zero-order chi connectivity index (χ0) is 17.9. The minimum absolute atomic E-state index is 0.245. The molecular weight excluding hydrogens is 350 g/mol. The van der Waals surface area contributed by atoms with Crippen LogP contribution in [0.1, 0.15) is 35.3 Å². The Kier molecular flexibility index (Phi) is 4.94. The van der Waals surface area contributed by atoms with Gasteiger partial charge < -0.3 is 4.74 Å². The summed E-state index contributed by atoms with van der Waals surface area (Å²) in [5, 5.41) is 17.8. The second-order valence-electron chi connectivity index (χ2n) is 6.41. The van der Waals surface area contributed by atoms with Gasteiger partial charge in [-0.05, 0) is 31.2 Å². The maximum absolute atomic E-state index is 12.8. The van der Waals surface area contributed by atoms with Crippen molar-refractivity contribution in [1.29, 1.82) is 0 Å². The number of rotatable bonds is 5. The summed E-state index contributed by atoms with van der Waals surface area (Å²) in [4.78, 5) is 12.8. The molecule has 0 saturated carbocycles. The van der Waals surface area contributed by atoms with Gasteiger partial charge in [0.25, 0.3) is 5.91 Å². The van der Waals surface area contributed by atoms with Crippen LogP contribution in [-0.2, 0) is 17.7 Å². The molecule has 0 unspecified atom stereocenters. The summed E-state index contributed by atoms with van der Waals surface area (Å²) in [6.45, 7) is 4.41. The van der Waals surface area contributed by atoms with Gasteiger partial charge in [-0.15, -0.1) is 10.2 Å². The summed E-state index contributed by atoms with van der Waals surface area (Å²) >= 11 is 1.39. The highest BCUT2D eigenvalue weighted by Crippen LogP contribution is 2.24. The number of ether oxygens (including phenoxy) is 1. The molecule has 0 bridgehead atoms. The molecule has 0 aliphatic carbocycles. The average Bonchev–Trinajstić information content (AvgIpc) is 3.27. The molecule has 4 rings (SSSR count). The number of nitrogens with one attached hydrogen (secondary N) is 1. The Morgan fingerprint density at radius 2 is 2.12 bits per heavy atom. The molecule has 1 aromatic carbocycles. The quantitative estimate of drug-likeness (QED) is 0.745. The van der Waals surface area contributed by atoms with E-state index in [1.807, 2.05) is 35.9 Å². The van der Waals surface area contributed by atoms with E-state index >= 15 is 0 Å². The maximum atomic E-state index is 12.8. The smallest absolute Gasteiger partial charge is 0.278 e. The number of anilines is 1. The Labute approximate surface area is 155 Å². The largest absolute Gasteiger partial charge is 0.381 e. The third-order valence-corrected chi connectivity index (χ3v) is 5.62. The SMILES string of the molecule is CCc1nnc(NC(=O)c2nn(CC3CCOCC3)c3ccccc23)s1. The first-order valence-electron chi connectivity index (χ1n) is 8.91. The van der Waals surface area contributed by atoms with Gasteiger partial charge in [0.15, 0.2) is 5.69 Å². The van der Waals surface area contributed by atoms with Crippen LogP contribution in [0.15, 0.2) is 24.3 Å². The number of carbonyl (C=O) groups excluding carboxylic acids is 1. The molecule has 3 aromatic rings. The minimum atomic E-state index is -0.245. The zero-order valence-corrected chi connectivity index (χ0v) is 15.5. The van der Waals surface area contributed by atoms with Crippen molar-refractivity contribution in [1.82, 2.24) is 20.0 Å². The summed E-state index contributed by atoms with van der Waals surface area (Å²) in [5.74, 6) is 0.281. The second-order valence-corrected chi connectivity index (χ2v) is 7.47. The van der Waals surface area contributed by atoms with Crippen LogP contribution in [0.4, 0.5) is 5.13 Å². The van der Waals surface area contributed by atoms with Crippen molar-refractivity contribution in [3.05, 3.63) is 35.0 Å². The average molecular weight is 371 g/mol. The van der Waals surface area contributed by atoms with E-state index < -0.39 is 0 Å². The number of hydrogen-bond donors (Lipinski definition) is 1. The van der Waals surface area contributed by atoms with Crippen molar-refractivity contribution >= 4 is 33.3 Å². The first-order chi connectivity index (χ1) is 12.7. The van der Waals surface area contributed by atoms with Crippen LogP contribution >= 0.6 is 11.3 Å². The van der Waals surface area contributed by atoms with Crippen LogP contribution in [0, 0.1) is 5.92 Å². The fraction of sp³-hybridized carbons (Fsp3) is 0.444. The topological polar surface area (TPSA) is 81.9 Å². The first-order valence-corrected chi connectivity index (χ1v) is 9.73. The number of aromatic nitrogens is 4. The van der Waals surface area contributed by atoms with Crippen molar-refractivity contribution in [3.8, 4) is 0 Å². The number of amides is 1. The summed E-state index contributed by atoms with van der Waals surface area (Å²) in [5.41, 5.74) is 1.41. The van der Waals surface area contributed by atoms with Crippen molar-refractivity contribution in [3.63, 3.8) is 0 Å². The number of para-hydroxylation sites is 1. The van der Waals surface area contributed by atoms with Crippen molar-refractivity contribution < 1.29 is 9.53 Å². The van der Waals surface area contributed by atoms with Crippen LogP contribution < -0.4 is 5.32 Å². The number of aryl methyl sites for hydroxylation is 1. The summed E-state index contributed by atoms with van der Waals surface area (Å²) < 4.78 is 7.40. The molecule has 1 saturated heterocycles. The molecule has 0 spiro atoms. The maximum Gasteiger partial charge on any atom is 0.278 e. The number of nitrogens with zero attached hydrogens (tertiary/aromatic N) is 4. The summed E-state index contributed by atoms with van der Waals surface area (Å²) in [6.07, 6.45) is 2.86. The van der Waals surface area contributed by atoms with E-state index in [9.17, 15) is 4.79 Å². The molecule has 3 heterocycles. The Hall–Kier alpha value is -2.32. The first kappa shape index (κ1) is 17.1. The lowest BCUT2D eigenvalue weighted by Gasteiger charge is -2.22. The molecule has 0 atom stereocenters. The van der Waals surface area contributed by atoms with E-state index in [0.717, 1.165) is 54.9 Å². The van der Waals surface area contributed by atoms with Crippen molar-refractivity contribution in [2.75, 3.05) is 18.5 Å². The Morgan fingerprint density at radius 3 is 2.88 bits per heavy atom. The highest BCUT2D eigenvalue weighted by atomic mass is 32.1. The standard InChI is InChI=1S/C18H21N5O2S/c1-2-15-20-21-18(26-15)19-17(24)16-13-5-3-4-6-14(13)23(22-16)11-12-7-9-25-10-8-12/h3-6,12H,2,7-11H2,1H3,(H,19,21,24). The number of carbonyl (C=O) groups is 1. The Balaban J connectivity index is 1.60. The molecule has 26 heavy (non-hydrogen) atoms. The molecular formula is C18H21N5O2S. The lowest BCUT2D eigenvalue weighted by molar-refractivity contribution is 0.0605. The fourth-order valence-electron chi connectivity index (χ4n) is 3.21. The lowest BCUT2D eigenvalue weighted by atomic mass is 10.0. The molecule has 1 aliphatic heterocycles. The highest BCUT2D eigenvalue weighted by Gasteiger charge is 2.21. The molecule has 2 aromatic heterocycles. The van der Waals surface area contributed by atoms with E-state index in [1.165, 1.54) is 11.3 Å². The Morgan fingerprint density at radius 1 is 1.31 bits per heavy atom. The van der Waals surface area contributed by atoms with Gasteiger partial charge in [-0.3, -0.25) is 14.8 Å². The molecule has 1 fully saturated rings. The van der Waals surface area contributed by atoms with E-state index in [1.54, 1.807) is 0 Å². The molecule has 1 aliphatic rings. The van der Waals surface area contributed by atoms with Crippen molar-refractivity contribution in [2.24, 2.45) is 5.92 Å². The van der Waals surface area contributed by atoms with E-state index in [2.05, 4.69) is 20.6 Å². The van der Waals surface area contributed by atoms with Crippen LogP contribution in [0.3, 0.4) is 0 Å². The van der Waals surface area contributed by atoms with E-state index in [-0.39, 0.29) is 5.91 Å². The van der Waals surface area contributed by atoms with E-state index in [4.69, 9.17) is 4.74 Å². The summed E-state index contributed by atoms with van der Waals surface area (Å²) in [7, 11) is 0. The van der Waals surface area contributed by atoms with Crippen LogP contribution in [-0.4, -0.2) is 39.1 Å². The van der Waals surface area contributed by atoms with Gasteiger partial charge in [0.2, 0.25) is 5.13 Å². The molecule has 7 nitrogen and oxygen atoms in total. The van der Waals surface area contributed by atoms with Crippen LogP contribution in [0.25, 0.3) is 10.9 Å². The minimum Gasteiger partial charge on any atom is -0.381 e. The third kappa shape index (κ3) is 3.47. The molecule has 1 N–H and O–H groups in total. The van der Waals surface area contributed by atoms with Gasteiger partial charge in [-0.25, -0.2) is 0 Å². The van der Waals surface area contributed by atoms with Gasteiger partial charge in [-0.2, -0.15) is 5.10 Å². The lowest BCUT2D eigenvalue weighted by Crippen LogP contribution is -2.21. The van der Waals surface area contributed by atoms with Gasteiger partial charge in [-0.1, -0.05) is 36.5 Å². The fourth-order valence-corrected chi connectivity index (χ4v) is 3.89. The Bertz CT molecular complexity index is 913. The summed E-state index contributed by atoms with van der Waals surface area (Å²) in [6, 6.07) is 7.86. The predicted molar refractivity (Wildman–Crippen MR) is 101 cm³/mol. The van der Waals surface area contributed by atoms with E-state index in [0.29, 0.717) is 16.7 Å². The van der Waals surface area contributed by atoms with Gasteiger partial charge in [0, 0.05) is 25.1 Å². The molecule has 8 heteroatoms. The molecule has 1 amide bonds. The number of benzene rings is 1. The predicted octanol–water partition coefficient (Wildman–Crippen LogP) is 3.13. The van der Waals surface area contributed by atoms with Crippen LogP contribution in [0.2, 0.25) is 0 Å². The molecule has 136 valence electrons. The zero-order valence-electron chi connectivity index (χ0n) is 14.6. The van der Waals surface area contributed by atoms with Gasteiger partial charge >= 0.3 is 0 Å².